The van der Waals surface area contributed by atoms with Crippen molar-refractivity contribution in [3.63, 3.8) is 0 Å². The number of hydrogen-bond donors (Lipinski definition) is 1. The number of piperidine rings is 1. The van der Waals surface area contributed by atoms with E-state index in [0.717, 1.165) is 48.6 Å². The van der Waals surface area contributed by atoms with Crippen LogP contribution >= 0.6 is 12.4 Å². The van der Waals surface area contributed by atoms with E-state index in [0.29, 0.717) is 5.92 Å². The predicted molar refractivity (Wildman–Crippen MR) is 110 cm³/mol. The minimum atomic E-state index is 0. The van der Waals surface area contributed by atoms with E-state index in [4.69, 9.17) is 5.73 Å². The normalized spacial score (nSPS) is 16.3. The standard InChI is InChI=1S/C21H29N3O.ClH/c1-14-7-5-6-8-20(14)24-15(2)13-19(17(24)4)21(25)23-11-9-18(10-12-23)16(3)22;/h5-8,13,16,18H,9-12,22H2,1-4H3;1H. The van der Waals surface area contributed by atoms with E-state index >= 15 is 0 Å². The van der Waals surface area contributed by atoms with E-state index in [-0.39, 0.29) is 24.4 Å². The van der Waals surface area contributed by atoms with Crippen LogP contribution in [0.1, 0.15) is 47.1 Å². The highest BCUT2D eigenvalue weighted by molar-refractivity contribution is 5.96. The zero-order valence-corrected chi connectivity index (χ0v) is 17.0. The molecule has 1 aliphatic heterocycles. The molecule has 1 aromatic heterocycles. The van der Waals surface area contributed by atoms with Gasteiger partial charge in [0, 0.05) is 36.2 Å². The van der Waals surface area contributed by atoms with Gasteiger partial charge in [0.1, 0.15) is 0 Å². The maximum Gasteiger partial charge on any atom is 0.255 e. The number of nitrogens with two attached hydrogens (primary N) is 1. The number of aryl methyl sites for hydroxylation is 2. The molecule has 0 saturated carbocycles. The molecule has 1 unspecified atom stereocenters. The van der Waals surface area contributed by atoms with Gasteiger partial charge in [-0.2, -0.15) is 0 Å². The molecule has 5 heteroatoms. The van der Waals surface area contributed by atoms with Crippen molar-refractivity contribution in [1.82, 2.24) is 9.47 Å². The number of likely N-dealkylation sites (tertiary alicyclic amines) is 1. The van der Waals surface area contributed by atoms with Crippen LogP contribution in [-0.2, 0) is 0 Å². The molecule has 1 amide bonds. The van der Waals surface area contributed by atoms with Crippen molar-refractivity contribution in [3.8, 4) is 5.69 Å². The molecule has 4 nitrogen and oxygen atoms in total. The summed E-state index contributed by atoms with van der Waals surface area (Å²) in [4.78, 5) is 15.0. The van der Waals surface area contributed by atoms with Gasteiger partial charge in [0.15, 0.2) is 0 Å². The first-order valence-electron chi connectivity index (χ1n) is 9.20. The summed E-state index contributed by atoms with van der Waals surface area (Å²) in [7, 11) is 0. The second-order valence-corrected chi connectivity index (χ2v) is 7.40. The van der Waals surface area contributed by atoms with Crippen LogP contribution in [0.5, 0.6) is 0 Å². The number of amides is 1. The topological polar surface area (TPSA) is 51.3 Å². The molecule has 2 aromatic rings. The first-order chi connectivity index (χ1) is 11.9. The minimum absolute atomic E-state index is 0. The van der Waals surface area contributed by atoms with Crippen LogP contribution < -0.4 is 5.73 Å². The molecule has 0 spiro atoms. The molecule has 0 radical (unpaired) electrons. The summed E-state index contributed by atoms with van der Waals surface area (Å²) in [6.45, 7) is 9.89. The van der Waals surface area contributed by atoms with Crippen molar-refractivity contribution in [1.29, 1.82) is 0 Å². The molecule has 0 bridgehead atoms. The lowest BCUT2D eigenvalue weighted by Crippen LogP contribution is -2.42. The Morgan fingerprint density at radius 2 is 1.77 bits per heavy atom. The number of carbonyl (C=O) groups excluding carboxylic acids is 1. The lowest BCUT2D eigenvalue weighted by atomic mass is 9.90. The Morgan fingerprint density at radius 1 is 1.15 bits per heavy atom. The van der Waals surface area contributed by atoms with Crippen LogP contribution in [0.4, 0.5) is 0 Å². The molecule has 0 aliphatic carbocycles. The highest BCUT2D eigenvalue weighted by Gasteiger charge is 2.27. The average molecular weight is 376 g/mol. The Kier molecular flexibility index (Phi) is 6.53. The first kappa shape index (κ1) is 20.5. The van der Waals surface area contributed by atoms with Crippen molar-refractivity contribution < 1.29 is 4.79 Å². The molecular weight excluding hydrogens is 346 g/mol. The number of benzene rings is 1. The van der Waals surface area contributed by atoms with Crippen LogP contribution in [0, 0.1) is 26.7 Å². The maximum absolute atomic E-state index is 13.1. The van der Waals surface area contributed by atoms with Gasteiger partial charge in [-0.3, -0.25) is 4.79 Å². The summed E-state index contributed by atoms with van der Waals surface area (Å²) in [5.74, 6) is 0.680. The highest BCUT2D eigenvalue weighted by Crippen LogP contribution is 2.26. The molecule has 2 heterocycles. The van der Waals surface area contributed by atoms with Crippen molar-refractivity contribution in [2.75, 3.05) is 13.1 Å². The summed E-state index contributed by atoms with van der Waals surface area (Å²) in [5, 5.41) is 0. The lowest BCUT2D eigenvalue weighted by Gasteiger charge is -2.33. The Balaban J connectivity index is 0.00000243. The zero-order chi connectivity index (χ0) is 18.1. The number of aromatic nitrogens is 1. The van der Waals surface area contributed by atoms with Crippen molar-refractivity contribution in [2.24, 2.45) is 11.7 Å². The van der Waals surface area contributed by atoms with Crippen molar-refractivity contribution in [2.45, 2.75) is 46.6 Å². The second kappa shape index (κ2) is 8.28. The summed E-state index contributed by atoms with van der Waals surface area (Å²) in [6, 6.07) is 10.5. The fourth-order valence-electron chi connectivity index (χ4n) is 3.96. The summed E-state index contributed by atoms with van der Waals surface area (Å²) < 4.78 is 2.19. The Hall–Kier alpha value is -1.78. The smallest absolute Gasteiger partial charge is 0.255 e. The average Bonchev–Trinajstić information content (AvgIpc) is 2.89. The third-order valence-corrected chi connectivity index (χ3v) is 5.59. The molecule has 1 aliphatic rings. The SMILES string of the molecule is Cc1ccccc1-n1c(C)cc(C(=O)N2CCC(C(C)N)CC2)c1C.Cl. The van der Waals surface area contributed by atoms with Gasteiger partial charge in [-0.05, 0) is 64.2 Å². The summed E-state index contributed by atoms with van der Waals surface area (Å²) in [5.41, 5.74) is 11.3. The quantitative estimate of drug-likeness (QED) is 0.880. The van der Waals surface area contributed by atoms with E-state index in [1.165, 1.54) is 5.56 Å². The molecular formula is C21H30ClN3O. The molecule has 2 N–H and O–H groups in total. The number of carbonyl (C=O) groups is 1. The molecule has 1 fully saturated rings. The second-order valence-electron chi connectivity index (χ2n) is 7.40. The van der Waals surface area contributed by atoms with Gasteiger partial charge in [-0.15, -0.1) is 12.4 Å². The van der Waals surface area contributed by atoms with Crippen LogP contribution in [-0.4, -0.2) is 34.5 Å². The summed E-state index contributed by atoms with van der Waals surface area (Å²) >= 11 is 0. The van der Waals surface area contributed by atoms with Gasteiger partial charge in [0.2, 0.25) is 0 Å². The number of halogens is 1. The number of rotatable bonds is 3. The number of hydrogen-bond acceptors (Lipinski definition) is 2. The van der Waals surface area contributed by atoms with Crippen molar-refractivity contribution in [3.05, 3.63) is 52.8 Å². The Morgan fingerprint density at radius 3 is 2.35 bits per heavy atom. The van der Waals surface area contributed by atoms with Crippen LogP contribution in [0.25, 0.3) is 5.69 Å². The lowest BCUT2D eigenvalue weighted by molar-refractivity contribution is 0.0680. The van der Waals surface area contributed by atoms with E-state index in [1.54, 1.807) is 0 Å². The van der Waals surface area contributed by atoms with Gasteiger partial charge in [0.05, 0.1) is 5.56 Å². The van der Waals surface area contributed by atoms with E-state index in [1.807, 2.05) is 30.0 Å². The van der Waals surface area contributed by atoms with Crippen LogP contribution in [0.2, 0.25) is 0 Å². The van der Waals surface area contributed by atoms with E-state index in [9.17, 15) is 4.79 Å². The van der Waals surface area contributed by atoms with Gasteiger partial charge in [0.25, 0.3) is 5.91 Å². The zero-order valence-electron chi connectivity index (χ0n) is 16.2. The molecule has 1 atom stereocenters. The largest absolute Gasteiger partial charge is 0.339 e. The van der Waals surface area contributed by atoms with Crippen LogP contribution in [0.15, 0.2) is 30.3 Å². The Bertz CT molecular complexity index is 774. The monoisotopic (exact) mass is 375 g/mol. The van der Waals surface area contributed by atoms with Crippen LogP contribution in [0.3, 0.4) is 0 Å². The molecule has 1 aromatic carbocycles. The van der Waals surface area contributed by atoms with Gasteiger partial charge in [-0.25, -0.2) is 0 Å². The fourth-order valence-corrected chi connectivity index (χ4v) is 3.96. The van der Waals surface area contributed by atoms with Gasteiger partial charge >= 0.3 is 0 Å². The third kappa shape index (κ3) is 3.81. The van der Waals surface area contributed by atoms with Gasteiger partial charge in [-0.1, -0.05) is 18.2 Å². The maximum atomic E-state index is 13.1. The third-order valence-electron chi connectivity index (χ3n) is 5.59. The number of nitrogens with zero attached hydrogens (tertiary/aromatic N) is 2. The van der Waals surface area contributed by atoms with Crippen molar-refractivity contribution >= 4 is 18.3 Å². The number of para-hydroxylation sites is 1. The minimum Gasteiger partial charge on any atom is -0.339 e. The van der Waals surface area contributed by atoms with Gasteiger partial charge < -0.3 is 15.2 Å². The summed E-state index contributed by atoms with van der Waals surface area (Å²) in [6.07, 6.45) is 2.00. The first-order valence-corrected chi connectivity index (χ1v) is 9.20. The van der Waals surface area contributed by atoms with E-state index < -0.39 is 0 Å². The molecule has 1 saturated heterocycles. The molecule has 142 valence electrons. The Labute approximate surface area is 162 Å². The van der Waals surface area contributed by atoms with E-state index in [2.05, 4.69) is 37.5 Å². The molecule has 26 heavy (non-hydrogen) atoms. The fraction of sp³-hybridized carbons (Fsp3) is 0.476. The highest BCUT2D eigenvalue weighted by atomic mass is 35.5. The molecule has 3 rings (SSSR count). The predicted octanol–water partition coefficient (Wildman–Crippen LogP) is 4.02.